The highest BCUT2D eigenvalue weighted by molar-refractivity contribution is 9.09. The van der Waals surface area contributed by atoms with Crippen LogP contribution in [0.2, 0.25) is 0 Å². The number of carboxylic acid groups (broad SMARTS) is 1. The third-order valence-electron chi connectivity index (χ3n) is 3.35. The molecule has 2 rings (SSSR count). The summed E-state index contributed by atoms with van der Waals surface area (Å²) in [4.78, 5) is 31.4. The lowest BCUT2D eigenvalue weighted by molar-refractivity contribution is -0.137. The largest absolute Gasteiger partial charge is 0.481 e. The van der Waals surface area contributed by atoms with E-state index in [1.165, 1.54) is 0 Å². The summed E-state index contributed by atoms with van der Waals surface area (Å²) in [5, 5.41) is 15.0. The number of fused-ring (bicyclic) bond motifs is 1. The van der Waals surface area contributed by atoms with Gasteiger partial charge in [-0.3, -0.25) is 15.0 Å². The molecule has 0 aliphatic carbocycles. The summed E-state index contributed by atoms with van der Waals surface area (Å²) < 4.78 is 0. The SMILES string of the molecule is NNC(=O)CBr.O=C(O)CCCC[C@@H]1SC[C@@H]2NC(=O)N[C@@H]21. The highest BCUT2D eigenvalue weighted by Gasteiger charge is 2.42. The molecule has 3 amide bonds. The van der Waals surface area contributed by atoms with E-state index in [1.807, 2.05) is 17.2 Å². The highest BCUT2D eigenvalue weighted by Crippen LogP contribution is 2.33. The van der Waals surface area contributed by atoms with Gasteiger partial charge in [0.2, 0.25) is 5.91 Å². The number of aliphatic carboxylic acids is 1. The van der Waals surface area contributed by atoms with Crippen LogP contribution in [0, 0.1) is 0 Å². The lowest BCUT2D eigenvalue weighted by Crippen LogP contribution is -2.36. The molecule has 0 unspecified atom stereocenters. The molecule has 0 aromatic rings. The lowest BCUT2D eigenvalue weighted by Gasteiger charge is -2.16. The normalized spacial score (nSPS) is 25.4. The number of nitrogens with two attached hydrogens (primary N) is 1. The molecule has 0 aromatic heterocycles. The molecule has 2 saturated heterocycles. The van der Waals surface area contributed by atoms with Crippen molar-refractivity contribution in [3.8, 4) is 0 Å². The van der Waals surface area contributed by atoms with E-state index in [2.05, 4.69) is 32.4 Å². The van der Waals surface area contributed by atoms with Crippen LogP contribution in [-0.2, 0) is 9.59 Å². The van der Waals surface area contributed by atoms with Gasteiger partial charge in [-0.2, -0.15) is 11.8 Å². The fraction of sp³-hybridized carbons (Fsp3) is 0.750. The maximum Gasteiger partial charge on any atom is 0.315 e. The third kappa shape index (κ3) is 6.41. The number of thioether (sulfide) groups is 1. The van der Waals surface area contributed by atoms with E-state index >= 15 is 0 Å². The number of rotatable bonds is 6. The van der Waals surface area contributed by atoms with E-state index in [4.69, 9.17) is 5.11 Å². The molecule has 8 nitrogen and oxygen atoms in total. The average Bonchev–Trinajstić information content (AvgIpc) is 3.03. The fourth-order valence-electron chi connectivity index (χ4n) is 2.30. The molecule has 10 heteroatoms. The Hall–Kier alpha value is -1.00. The van der Waals surface area contributed by atoms with E-state index in [1.54, 1.807) is 0 Å². The van der Waals surface area contributed by atoms with Crippen molar-refractivity contribution in [1.82, 2.24) is 16.1 Å². The summed E-state index contributed by atoms with van der Waals surface area (Å²) >= 11 is 4.75. The number of halogens is 1. The number of alkyl halides is 1. The van der Waals surface area contributed by atoms with Crippen LogP contribution < -0.4 is 21.9 Å². The van der Waals surface area contributed by atoms with Gasteiger partial charge < -0.3 is 15.7 Å². The Morgan fingerprint density at radius 3 is 2.68 bits per heavy atom. The minimum Gasteiger partial charge on any atom is -0.481 e. The second-order valence-electron chi connectivity index (χ2n) is 4.96. The summed E-state index contributed by atoms with van der Waals surface area (Å²) in [6, 6.07) is 0.440. The molecule has 2 fully saturated rings. The van der Waals surface area contributed by atoms with Crippen molar-refractivity contribution in [2.24, 2.45) is 5.84 Å². The summed E-state index contributed by atoms with van der Waals surface area (Å²) in [5.74, 6) is 4.68. The van der Waals surface area contributed by atoms with E-state index < -0.39 is 5.97 Å². The minimum absolute atomic E-state index is 0.0640. The van der Waals surface area contributed by atoms with Crippen molar-refractivity contribution in [2.45, 2.75) is 43.0 Å². The summed E-state index contributed by atoms with van der Waals surface area (Å²) in [5.41, 5.74) is 1.93. The van der Waals surface area contributed by atoms with Crippen molar-refractivity contribution in [1.29, 1.82) is 0 Å². The molecule has 2 aliphatic heterocycles. The molecule has 0 radical (unpaired) electrons. The number of hydrazine groups is 1. The Kier molecular flexibility index (Phi) is 8.57. The maximum absolute atomic E-state index is 11.1. The molecule has 3 atom stereocenters. The number of carbonyl (C=O) groups excluding carboxylic acids is 2. The Morgan fingerprint density at radius 1 is 1.41 bits per heavy atom. The molecule has 2 aliphatic rings. The number of carboxylic acids is 1. The van der Waals surface area contributed by atoms with Crippen LogP contribution >= 0.6 is 27.7 Å². The smallest absolute Gasteiger partial charge is 0.315 e. The summed E-state index contributed by atoms with van der Waals surface area (Å²) in [7, 11) is 0. The van der Waals surface area contributed by atoms with Gasteiger partial charge in [0, 0.05) is 17.4 Å². The molecule has 2 heterocycles. The highest BCUT2D eigenvalue weighted by atomic mass is 79.9. The Balaban J connectivity index is 0.000000346. The average molecular weight is 397 g/mol. The molecule has 6 N–H and O–H groups in total. The first-order valence-corrected chi connectivity index (χ1v) is 9.10. The van der Waals surface area contributed by atoms with Crippen molar-refractivity contribution in [3.63, 3.8) is 0 Å². The van der Waals surface area contributed by atoms with Crippen molar-refractivity contribution in [3.05, 3.63) is 0 Å². The predicted molar refractivity (Wildman–Crippen MR) is 87.7 cm³/mol. The molecular weight excluding hydrogens is 376 g/mol. The van der Waals surface area contributed by atoms with E-state index in [0.717, 1.165) is 25.0 Å². The molecule has 0 aromatic carbocycles. The zero-order valence-electron chi connectivity index (χ0n) is 12.0. The lowest BCUT2D eigenvalue weighted by atomic mass is 10.0. The fourth-order valence-corrected chi connectivity index (χ4v) is 4.01. The molecule has 126 valence electrons. The molecular formula is C12H21BrN4O4S. The zero-order chi connectivity index (χ0) is 16.5. The number of urea groups is 1. The van der Waals surface area contributed by atoms with E-state index in [9.17, 15) is 14.4 Å². The minimum atomic E-state index is -0.729. The molecule has 0 spiro atoms. The number of carbonyl (C=O) groups is 3. The number of nitrogens with one attached hydrogen (secondary N) is 3. The first-order valence-electron chi connectivity index (χ1n) is 6.93. The summed E-state index contributed by atoms with van der Waals surface area (Å²) in [6.07, 6.45) is 2.88. The number of amides is 3. The summed E-state index contributed by atoms with van der Waals surface area (Å²) in [6.45, 7) is 0. The number of hydrogen-bond acceptors (Lipinski definition) is 5. The molecule has 22 heavy (non-hydrogen) atoms. The predicted octanol–water partition coefficient (Wildman–Crippen LogP) is 0.168. The monoisotopic (exact) mass is 396 g/mol. The van der Waals surface area contributed by atoms with Crippen molar-refractivity contribution in [2.75, 3.05) is 11.1 Å². The topological polar surface area (TPSA) is 134 Å². The second kappa shape index (κ2) is 9.90. The van der Waals surface area contributed by atoms with Crippen LogP contribution in [0.25, 0.3) is 0 Å². The molecule has 0 saturated carbocycles. The zero-order valence-corrected chi connectivity index (χ0v) is 14.4. The first-order chi connectivity index (χ1) is 10.5. The van der Waals surface area contributed by atoms with Crippen molar-refractivity contribution < 1.29 is 19.5 Å². The quantitative estimate of drug-likeness (QED) is 0.108. The third-order valence-corrected chi connectivity index (χ3v) is 5.37. The van der Waals surface area contributed by atoms with Gasteiger partial charge in [-0.25, -0.2) is 10.6 Å². The second-order valence-corrected chi connectivity index (χ2v) is 6.80. The Labute approximate surface area is 141 Å². The van der Waals surface area contributed by atoms with Crippen LogP contribution in [0.1, 0.15) is 25.7 Å². The van der Waals surface area contributed by atoms with E-state index in [-0.39, 0.29) is 35.8 Å². The number of hydrogen-bond donors (Lipinski definition) is 5. The van der Waals surface area contributed by atoms with Gasteiger partial charge in [0.05, 0.1) is 17.4 Å². The van der Waals surface area contributed by atoms with E-state index in [0.29, 0.717) is 5.25 Å². The van der Waals surface area contributed by atoms with Gasteiger partial charge in [-0.1, -0.05) is 22.4 Å². The maximum atomic E-state index is 11.1. The Bertz CT molecular complexity index is 407. The van der Waals surface area contributed by atoms with Gasteiger partial charge in [0.1, 0.15) is 0 Å². The van der Waals surface area contributed by atoms with Gasteiger partial charge in [0.25, 0.3) is 0 Å². The van der Waals surface area contributed by atoms with Crippen LogP contribution in [0.3, 0.4) is 0 Å². The Morgan fingerprint density at radius 2 is 2.14 bits per heavy atom. The van der Waals surface area contributed by atoms with Gasteiger partial charge in [0.15, 0.2) is 0 Å². The number of unbranched alkanes of at least 4 members (excludes halogenated alkanes) is 1. The van der Waals surface area contributed by atoms with Gasteiger partial charge in [-0.05, 0) is 12.8 Å². The first kappa shape index (κ1) is 19.0. The molecule has 0 bridgehead atoms. The van der Waals surface area contributed by atoms with Crippen molar-refractivity contribution >= 4 is 45.6 Å². The van der Waals surface area contributed by atoms with Crippen LogP contribution in [0.5, 0.6) is 0 Å². The van der Waals surface area contributed by atoms with Crippen LogP contribution in [-0.4, -0.2) is 51.4 Å². The van der Waals surface area contributed by atoms with Crippen LogP contribution in [0.4, 0.5) is 4.79 Å². The van der Waals surface area contributed by atoms with Gasteiger partial charge >= 0.3 is 12.0 Å². The standard InChI is InChI=1S/C10H16N2O3S.C2H5BrN2O/c13-8(14)4-2-1-3-7-9-6(5-16-7)11-10(15)12-9;3-1-2(6)5-4/h6-7,9H,1-5H2,(H,13,14)(H2,11,12,15);1,4H2,(H,5,6)/t6-,7-,9-;/m0./s1. The van der Waals surface area contributed by atoms with Gasteiger partial charge in [-0.15, -0.1) is 0 Å². The van der Waals surface area contributed by atoms with Crippen LogP contribution in [0.15, 0.2) is 0 Å².